The number of hydrogen-bond acceptors (Lipinski definition) is 8. The second-order valence-corrected chi connectivity index (χ2v) is 12.1. The van der Waals surface area contributed by atoms with Crippen LogP contribution < -0.4 is 15.4 Å². The van der Waals surface area contributed by atoms with Crippen LogP contribution >= 0.6 is 0 Å². The number of aromatic nitrogens is 2. The van der Waals surface area contributed by atoms with Crippen LogP contribution in [-0.2, 0) is 39.0 Å². The van der Waals surface area contributed by atoms with Crippen LogP contribution in [0.1, 0.15) is 49.7 Å². The van der Waals surface area contributed by atoms with E-state index < -0.39 is 12.1 Å². The average Bonchev–Trinajstić information content (AvgIpc) is 3.53. The number of benzene rings is 2. The molecule has 2 aliphatic rings. The Labute approximate surface area is 288 Å². The summed E-state index contributed by atoms with van der Waals surface area (Å²) in [5, 5.41) is 27.6. The maximum Gasteiger partial charge on any atom is 0.490 e. The molecule has 12 nitrogen and oxygen atoms in total. The lowest BCUT2D eigenvalue weighted by atomic mass is 9.94. The van der Waals surface area contributed by atoms with Crippen LogP contribution in [0, 0.1) is 0 Å². The van der Waals surface area contributed by atoms with Crippen molar-refractivity contribution in [2.45, 2.75) is 63.6 Å². The van der Waals surface area contributed by atoms with Gasteiger partial charge in [-0.3, -0.25) is 14.3 Å². The Kier molecular flexibility index (Phi) is 14.0. The summed E-state index contributed by atoms with van der Waals surface area (Å²) in [4.78, 5) is 35.9. The van der Waals surface area contributed by atoms with Crippen molar-refractivity contribution in [2.75, 3.05) is 44.8 Å². The molecule has 5 rings (SSSR count). The Morgan fingerprint density at radius 2 is 1.86 bits per heavy atom. The number of amides is 2. The fraction of sp³-hybridized carbons (Fsp3) is 0.486. The van der Waals surface area contributed by atoms with Crippen LogP contribution in [0.15, 0.2) is 48.7 Å². The maximum atomic E-state index is 13.3. The molecule has 1 aliphatic heterocycles. The van der Waals surface area contributed by atoms with Gasteiger partial charge in [0.05, 0.1) is 25.3 Å². The molecule has 2 amide bonds. The number of fused-ring (bicyclic) bond motifs is 1. The van der Waals surface area contributed by atoms with E-state index in [1.165, 1.54) is 24.8 Å². The number of nitrogens with one attached hydrogen (secondary N) is 2. The minimum absolute atomic E-state index is 0.000317. The number of phenolic OH excluding ortho intramolecular Hbond substituents is 1. The van der Waals surface area contributed by atoms with Gasteiger partial charge in [0.25, 0.3) is 5.91 Å². The van der Waals surface area contributed by atoms with Gasteiger partial charge in [-0.2, -0.15) is 18.3 Å². The molecule has 1 aromatic heterocycles. The molecule has 0 spiro atoms. The molecular formula is C35H44F3N5O7. The number of nitrogens with zero attached hydrogens (tertiary/aromatic N) is 3. The number of phenols is 1. The summed E-state index contributed by atoms with van der Waals surface area (Å²) in [6.07, 6.45) is 4.25. The number of carbonyl (C=O) groups is 3. The second kappa shape index (κ2) is 18.4. The number of aryl methyl sites for hydroxylation is 1. The number of anilines is 1. The monoisotopic (exact) mass is 703 g/mol. The van der Waals surface area contributed by atoms with Crippen LogP contribution in [-0.4, -0.2) is 94.4 Å². The molecule has 0 radical (unpaired) electrons. The molecule has 3 aromatic rings. The zero-order valence-corrected chi connectivity index (χ0v) is 28.0. The fourth-order valence-corrected chi connectivity index (χ4v) is 6.00. The van der Waals surface area contributed by atoms with Crippen molar-refractivity contribution in [3.8, 4) is 22.8 Å². The third-order valence-electron chi connectivity index (χ3n) is 8.55. The van der Waals surface area contributed by atoms with Crippen LogP contribution in [0.2, 0.25) is 0 Å². The summed E-state index contributed by atoms with van der Waals surface area (Å²) in [6.45, 7) is 2.96. The third-order valence-corrected chi connectivity index (χ3v) is 8.55. The Morgan fingerprint density at radius 1 is 1.10 bits per heavy atom. The number of alkyl halides is 3. The van der Waals surface area contributed by atoms with Crippen molar-refractivity contribution in [3.63, 3.8) is 0 Å². The van der Waals surface area contributed by atoms with E-state index in [4.69, 9.17) is 19.4 Å². The van der Waals surface area contributed by atoms with Gasteiger partial charge in [0.2, 0.25) is 5.91 Å². The summed E-state index contributed by atoms with van der Waals surface area (Å²) < 4.78 is 45.1. The summed E-state index contributed by atoms with van der Waals surface area (Å²) in [5.74, 6) is -2.35. The minimum atomic E-state index is -5.08. The number of rotatable bonds is 14. The van der Waals surface area contributed by atoms with E-state index >= 15 is 0 Å². The Bertz CT molecular complexity index is 1590. The molecule has 0 bridgehead atoms. The second-order valence-electron chi connectivity index (χ2n) is 12.1. The van der Waals surface area contributed by atoms with Gasteiger partial charge in [0, 0.05) is 37.9 Å². The number of halogens is 3. The molecule has 4 N–H and O–H groups in total. The maximum absolute atomic E-state index is 13.3. The van der Waals surface area contributed by atoms with E-state index in [-0.39, 0.29) is 24.2 Å². The minimum Gasteiger partial charge on any atom is -0.506 e. The molecule has 1 fully saturated rings. The normalized spacial score (nSPS) is 14.5. The molecular weight excluding hydrogens is 659 g/mol. The zero-order valence-electron chi connectivity index (χ0n) is 28.0. The first-order valence-electron chi connectivity index (χ1n) is 16.7. The quantitative estimate of drug-likeness (QED) is 0.138. The largest absolute Gasteiger partial charge is 0.506 e. The van der Waals surface area contributed by atoms with Crippen molar-refractivity contribution in [2.24, 2.45) is 7.05 Å². The van der Waals surface area contributed by atoms with Gasteiger partial charge >= 0.3 is 12.1 Å². The number of carbonyl (C=O) groups excluding carboxylic acids is 2. The molecule has 15 heteroatoms. The summed E-state index contributed by atoms with van der Waals surface area (Å²) in [6, 6.07) is 14.1. The van der Waals surface area contributed by atoms with Gasteiger partial charge in [-0.1, -0.05) is 43.5 Å². The van der Waals surface area contributed by atoms with E-state index in [9.17, 15) is 27.9 Å². The van der Waals surface area contributed by atoms with Crippen molar-refractivity contribution in [1.29, 1.82) is 0 Å². The lowest BCUT2D eigenvalue weighted by Gasteiger charge is -2.34. The van der Waals surface area contributed by atoms with E-state index in [1.807, 2.05) is 23.9 Å². The number of aromatic hydroxyl groups is 1. The van der Waals surface area contributed by atoms with Gasteiger partial charge in [-0.05, 0) is 61.6 Å². The highest BCUT2D eigenvalue weighted by Crippen LogP contribution is 2.39. The molecule has 1 aliphatic carbocycles. The van der Waals surface area contributed by atoms with Gasteiger partial charge in [0.15, 0.2) is 12.4 Å². The zero-order chi connectivity index (χ0) is 36.1. The van der Waals surface area contributed by atoms with E-state index in [0.717, 1.165) is 36.1 Å². The molecule has 272 valence electrons. The number of aliphatic carboxylic acids is 1. The van der Waals surface area contributed by atoms with Crippen LogP contribution in [0.3, 0.4) is 0 Å². The number of hydrogen-bond donors (Lipinski definition) is 4. The molecule has 0 saturated heterocycles. The summed E-state index contributed by atoms with van der Waals surface area (Å²) >= 11 is 0. The fourth-order valence-electron chi connectivity index (χ4n) is 6.00. The number of ether oxygens (including phenoxy) is 2. The van der Waals surface area contributed by atoms with E-state index in [2.05, 4.69) is 44.9 Å². The Balaban J connectivity index is 0.000000727. The molecule has 2 heterocycles. The molecule has 2 aromatic carbocycles. The van der Waals surface area contributed by atoms with Crippen molar-refractivity contribution >= 4 is 23.5 Å². The highest BCUT2D eigenvalue weighted by Gasteiger charge is 2.38. The lowest BCUT2D eigenvalue weighted by Crippen LogP contribution is -2.45. The van der Waals surface area contributed by atoms with Crippen molar-refractivity contribution < 1.29 is 47.2 Å². The van der Waals surface area contributed by atoms with Crippen LogP contribution in [0.4, 0.5) is 18.9 Å². The number of carboxylic acids is 1. The third kappa shape index (κ3) is 11.2. The predicted octanol–water partition coefficient (Wildman–Crippen LogP) is 4.70. The standard InChI is InChI=1S/C33H43N5O5.C2HF3O2/c1-37-28(13-17-35-37)26-7-5-6-24(22-26)14-20-42-21-15-31(41)38(27-8-3-2-4-9-27)19-18-34-16-12-25-10-11-29(39)32-33(25)43-23-30(40)36-32;3-2(4,5)1(6)7/h5-7,10-11,13,17,22,27,34,39H,2-4,8-9,12,14-16,18-21,23H2,1H3,(H,36,40);(H,6,7). The smallest absolute Gasteiger partial charge is 0.490 e. The Hall–Kier alpha value is -4.63. The van der Waals surface area contributed by atoms with Gasteiger partial charge < -0.3 is 35.2 Å². The first-order valence-corrected chi connectivity index (χ1v) is 16.7. The molecule has 0 atom stereocenters. The molecule has 0 unspecified atom stereocenters. The number of carboxylic acid groups (broad SMARTS) is 1. The van der Waals surface area contributed by atoms with E-state index in [1.54, 1.807) is 12.3 Å². The lowest BCUT2D eigenvalue weighted by molar-refractivity contribution is -0.192. The van der Waals surface area contributed by atoms with Crippen molar-refractivity contribution in [3.05, 3.63) is 59.8 Å². The highest BCUT2D eigenvalue weighted by atomic mass is 19.4. The SMILES string of the molecule is Cn1nccc1-c1cccc(CCOCCC(=O)N(CCNCCc2ccc(O)c3c2OCC(=O)N3)C2CCCCC2)c1.O=C(O)C(F)(F)F. The topological polar surface area (TPSA) is 155 Å². The Morgan fingerprint density at radius 3 is 2.56 bits per heavy atom. The van der Waals surface area contributed by atoms with Crippen LogP contribution in [0.25, 0.3) is 11.3 Å². The van der Waals surface area contributed by atoms with Gasteiger partial charge in [0.1, 0.15) is 11.4 Å². The van der Waals surface area contributed by atoms with Crippen LogP contribution in [0.5, 0.6) is 11.5 Å². The summed E-state index contributed by atoms with van der Waals surface area (Å²) in [7, 11) is 1.94. The van der Waals surface area contributed by atoms with E-state index in [0.29, 0.717) is 63.2 Å². The van der Waals surface area contributed by atoms with Gasteiger partial charge in [-0.25, -0.2) is 4.79 Å². The average molecular weight is 704 g/mol. The van der Waals surface area contributed by atoms with Gasteiger partial charge in [-0.15, -0.1) is 0 Å². The molecule has 50 heavy (non-hydrogen) atoms. The predicted molar refractivity (Wildman–Crippen MR) is 179 cm³/mol. The summed E-state index contributed by atoms with van der Waals surface area (Å²) in [5.41, 5.74) is 4.66. The molecule has 1 saturated carbocycles. The first kappa shape index (κ1) is 38.2. The van der Waals surface area contributed by atoms with Crippen molar-refractivity contribution in [1.82, 2.24) is 20.0 Å². The first-order chi connectivity index (χ1) is 23.9. The highest BCUT2D eigenvalue weighted by molar-refractivity contribution is 5.97.